The molecule has 0 saturated carbocycles. The van der Waals surface area contributed by atoms with Gasteiger partial charge in [0.25, 0.3) is 0 Å². The second-order valence-corrected chi connectivity index (χ2v) is 3.17. The van der Waals surface area contributed by atoms with E-state index in [-0.39, 0.29) is 6.61 Å². The van der Waals surface area contributed by atoms with Gasteiger partial charge in [-0.25, -0.2) is 0 Å². The predicted molar refractivity (Wildman–Crippen MR) is 48.2 cm³/mol. The third kappa shape index (κ3) is 2.11. The van der Waals surface area contributed by atoms with Gasteiger partial charge in [0.2, 0.25) is 0 Å². The smallest absolute Gasteiger partial charge is 0.168 e. The molecule has 0 aliphatic carbocycles. The number of nitrogens with two attached hydrogens (primary N) is 1. The van der Waals surface area contributed by atoms with Crippen molar-refractivity contribution in [3.05, 3.63) is 29.6 Å². The highest BCUT2D eigenvalue weighted by Crippen LogP contribution is 2.15. The van der Waals surface area contributed by atoms with Gasteiger partial charge in [0, 0.05) is 6.20 Å². The van der Waals surface area contributed by atoms with Crippen molar-refractivity contribution in [3.8, 4) is 0 Å². The summed E-state index contributed by atoms with van der Waals surface area (Å²) >= 11 is 0. The van der Waals surface area contributed by atoms with Gasteiger partial charge in [-0.15, -0.1) is 0 Å². The first-order chi connectivity index (χ1) is 6.10. The average Bonchev–Trinajstić information content (AvgIpc) is 2.18. The Morgan fingerprint density at radius 1 is 1.69 bits per heavy atom. The molecule has 0 unspecified atom stereocenters. The largest absolute Gasteiger partial charge is 0.394 e. The van der Waals surface area contributed by atoms with E-state index >= 15 is 0 Å². The molecule has 0 saturated heterocycles. The van der Waals surface area contributed by atoms with Crippen LogP contribution in [0.25, 0.3) is 0 Å². The first kappa shape index (κ1) is 9.83. The van der Waals surface area contributed by atoms with Crippen molar-refractivity contribution in [1.29, 1.82) is 0 Å². The zero-order chi connectivity index (χ0) is 9.90. The minimum absolute atomic E-state index is 0.158. The molecule has 0 bridgehead atoms. The minimum Gasteiger partial charge on any atom is -0.394 e. The molecule has 13 heavy (non-hydrogen) atoms. The number of hydrogen-bond acceptors (Lipinski definition) is 4. The van der Waals surface area contributed by atoms with Crippen molar-refractivity contribution in [2.45, 2.75) is 12.5 Å². The van der Waals surface area contributed by atoms with Crippen molar-refractivity contribution in [2.24, 2.45) is 5.73 Å². The van der Waals surface area contributed by atoms with E-state index in [1.165, 1.54) is 6.20 Å². The molecule has 70 valence electrons. The molecular formula is C9H12N2O2. The number of carbonyl (C=O) groups is 1. The Morgan fingerprint density at radius 3 is 2.77 bits per heavy atom. The molecule has 4 heteroatoms. The lowest BCUT2D eigenvalue weighted by Crippen LogP contribution is -2.37. The maximum Gasteiger partial charge on any atom is 0.168 e. The molecule has 0 fully saturated rings. The summed E-state index contributed by atoms with van der Waals surface area (Å²) in [5.41, 5.74) is 6.02. The van der Waals surface area contributed by atoms with Gasteiger partial charge in [0.15, 0.2) is 6.29 Å². The average molecular weight is 180 g/mol. The number of pyridine rings is 1. The molecular weight excluding hydrogens is 168 g/mol. The quantitative estimate of drug-likeness (QED) is 0.645. The van der Waals surface area contributed by atoms with Crippen LogP contribution in [0, 0.1) is 0 Å². The third-order valence-electron chi connectivity index (χ3n) is 1.90. The van der Waals surface area contributed by atoms with Gasteiger partial charge in [-0.3, -0.25) is 9.78 Å². The fourth-order valence-electron chi connectivity index (χ4n) is 0.904. The van der Waals surface area contributed by atoms with E-state index < -0.39 is 5.54 Å². The van der Waals surface area contributed by atoms with Crippen LogP contribution in [-0.4, -0.2) is 23.0 Å². The number of aromatic nitrogens is 1. The van der Waals surface area contributed by atoms with Crippen molar-refractivity contribution < 1.29 is 9.90 Å². The summed E-state index contributed by atoms with van der Waals surface area (Å²) in [5, 5.41) is 8.95. The third-order valence-corrected chi connectivity index (χ3v) is 1.90. The lowest BCUT2D eigenvalue weighted by Gasteiger charge is -2.21. The van der Waals surface area contributed by atoms with Crippen LogP contribution in [0.4, 0.5) is 0 Å². The molecule has 0 spiro atoms. The van der Waals surface area contributed by atoms with E-state index in [1.54, 1.807) is 19.1 Å². The van der Waals surface area contributed by atoms with Gasteiger partial charge in [0.05, 0.1) is 12.1 Å². The molecule has 4 nitrogen and oxygen atoms in total. The Kier molecular flexibility index (Phi) is 2.75. The standard InChI is InChI=1S/C9H12N2O2/c1-9(10,6-13)7-2-3-8(5-12)11-4-7/h2-5,13H,6,10H2,1H3/t9-/m0/s1. The number of nitrogens with zero attached hydrogens (tertiary/aromatic N) is 1. The lowest BCUT2D eigenvalue weighted by molar-refractivity contribution is 0.111. The van der Waals surface area contributed by atoms with Crippen LogP contribution in [0.15, 0.2) is 18.3 Å². The van der Waals surface area contributed by atoms with Crippen molar-refractivity contribution in [3.63, 3.8) is 0 Å². The maximum absolute atomic E-state index is 10.3. The molecule has 1 aromatic rings. The van der Waals surface area contributed by atoms with Gasteiger partial charge in [-0.05, 0) is 18.6 Å². The summed E-state index contributed by atoms with van der Waals surface area (Å²) in [6.07, 6.45) is 2.16. The van der Waals surface area contributed by atoms with E-state index in [0.29, 0.717) is 17.5 Å². The van der Waals surface area contributed by atoms with Crippen LogP contribution in [0.3, 0.4) is 0 Å². The lowest BCUT2D eigenvalue weighted by atomic mass is 9.96. The Morgan fingerprint density at radius 2 is 2.38 bits per heavy atom. The van der Waals surface area contributed by atoms with Crippen molar-refractivity contribution in [1.82, 2.24) is 4.98 Å². The van der Waals surface area contributed by atoms with Crippen LogP contribution in [0.2, 0.25) is 0 Å². The zero-order valence-corrected chi connectivity index (χ0v) is 7.40. The summed E-state index contributed by atoms with van der Waals surface area (Å²) in [6, 6.07) is 3.26. The Balaban J connectivity index is 2.98. The zero-order valence-electron chi connectivity index (χ0n) is 7.40. The predicted octanol–water partition coefficient (Wildman–Crippen LogP) is 0.0603. The van der Waals surface area contributed by atoms with Crippen molar-refractivity contribution >= 4 is 6.29 Å². The molecule has 1 atom stereocenters. The van der Waals surface area contributed by atoms with Crippen LogP contribution in [0.5, 0.6) is 0 Å². The Bertz CT molecular complexity index is 293. The van der Waals surface area contributed by atoms with E-state index in [1.807, 2.05) is 0 Å². The molecule has 0 amide bonds. The number of rotatable bonds is 3. The maximum atomic E-state index is 10.3. The first-order valence-corrected chi connectivity index (χ1v) is 3.91. The molecule has 0 aliphatic rings. The molecule has 1 rings (SSSR count). The molecule has 0 aromatic carbocycles. The summed E-state index contributed by atoms with van der Waals surface area (Å²) in [6.45, 7) is 1.54. The molecule has 1 heterocycles. The molecule has 3 N–H and O–H groups in total. The molecule has 0 aliphatic heterocycles. The van der Waals surface area contributed by atoms with Crippen LogP contribution >= 0.6 is 0 Å². The monoisotopic (exact) mass is 180 g/mol. The number of carbonyl (C=O) groups excluding carboxylic acids is 1. The van der Waals surface area contributed by atoms with E-state index in [0.717, 1.165) is 0 Å². The highest BCUT2D eigenvalue weighted by molar-refractivity contribution is 5.71. The highest BCUT2D eigenvalue weighted by Gasteiger charge is 2.19. The van der Waals surface area contributed by atoms with Gasteiger partial charge in [-0.1, -0.05) is 6.07 Å². The summed E-state index contributed by atoms with van der Waals surface area (Å²) in [5.74, 6) is 0. The number of hydrogen-bond donors (Lipinski definition) is 2. The summed E-state index contributed by atoms with van der Waals surface area (Å²) in [7, 11) is 0. The Hall–Kier alpha value is -1.26. The van der Waals surface area contributed by atoms with Gasteiger partial charge in [-0.2, -0.15) is 0 Å². The van der Waals surface area contributed by atoms with Crippen LogP contribution < -0.4 is 5.73 Å². The summed E-state index contributed by atoms with van der Waals surface area (Å²) in [4.78, 5) is 14.1. The fourth-order valence-corrected chi connectivity index (χ4v) is 0.904. The van der Waals surface area contributed by atoms with Crippen molar-refractivity contribution in [2.75, 3.05) is 6.61 Å². The van der Waals surface area contributed by atoms with Crippen LogP contribution in [0.1, 0.15) is 23.0 Å². The topological polar surface area (TPSA) is 76.2 Å². The molecule has 0 radical (unpaired) electrons. The van der Waals surface area contributed by atoms with Crippen LogP contribution in [-0.2, 0) is 5.54 Å². The number of aldehydes is 1. The van der Waals surface area contributed by atoms with E-state index in [4.69, 9.17) is 10.8 Å². The van der Waals surface area contributed by atoms with Gasteiger partial charge in [0.1, 0.15) is 5.69 Å². The highest BCUT2D eigenvalue weighted by atomic mass is 16.3. The normalized spacial score (nSPS) is 15.0. The second-order valence-electron chi connectivity index (χ2n) is 3.17. The SMILES string of the molecule is C[C@](N)(CO)c1ccc(C=O)nc1. The van der Waals surface area contributed by atoms with Gasteiger partial charge >= 0.3 is 0 Å². The second kappa shape index (κ2) is 3.64. The number of aliphatic hydroxyl groups is 1. The molecule has 1 aromatic heterocycles. The fraction of sp³-hybridized carbons (Fsp3) is 0.333. The number of aliphatic hydroxyl groups excluding tert-OH is 1. The van der Waals surface area contributed by atoms with E-state index in [9.17, 15) is 4.79 Å². The Labute approximate surface area is 76.4 Å². The summed E-state index contributed by atoms with van der Waals surface area (Å²) < 4.78 is 0. The van der Waals surface area contributed by atoms with Gasteiger partial charge < -0.3 is 10.8 Å². The van der Waals surface area contributed by atoms with E-state index in [2.05, 4.69) is 4.98 Å². The first-order valence-electron chi connectivity index (χ1n) is 3.91. The minimum atomic E-state index is -0.797.